The molecule has 7 nitrogen and oxygen atoms in total. The molecule has 19 heavy (non-hydrogen) atoms. The maximum absolute atomic E-state index is 11.2. The van der Waals surface area contributed by atoms with Crippen molar-refractivity contribution >= 4 is 5.69 Å². The highest BCUT2D eigenvalue weighted by atomic mass is 16.6. The lowest BCUT2D eigenvalue weighted by Crippen LogP contribution is -2.33. The third-order valence-electron chi connectivity index (χ3n) is 3.03. The zero-order valence-electron chi connectivity index (χ0n) is 12.0. The molecule has 108 valence electrons. The number of hydrogen-bond acceptors (Lipinski definition) is 5. The van der Waals surface area contributed by atoms with Crippen LogP contribution in [0.25, 0.3) is 0 Å². The van der Waals surface area contributed by atoms with Crippen molar-refractivity contribution in [2.24, 2.45) is 0 Å². The molecule has 0 aliphatic heterocycles. The lowest BCUT2D eigenvalue weighted by atomic mass is 10.1. The van der Waals surface area contributed by atoms with Gasteiger partial charge in [0.25, 0.3) is 0 Å². The highest BCUT2D eigenvalue weighted by Gasteiger charge is 2.26. The molecule has 0 aliphatic carbocycles. The van der Waals surface area contributed by atoms with Crippen LogP contribution in [0.2, 0.25) is 0 Å². The van der Waals surface area contributed by atoms with Crippen LogP contribution in [-0.4, -0.2) is 41.5 Å². The first-order chi connectivity index (χ1) is 9.04. The Bertz CT molecular complexity index is 431. The van der Waals surface area contributed by atoms with Gasteiger partial charge in [0.15, 0.2) is 0 Å². The quantitative estimate of drug-likeness (QED) is 0.568. The highest BCUT2D eigenvalue weighted by Crippen LogP contribution is 2.24. The second-order valence-electron chi connectivity index (χ2n) is 4.51. The van der Waals surface area contributed by atoms with Crippen LogP contribution in [-0.2, 0) is 17.7 Å². The Morgan fingerprint density at radius 3 is 2.74 bits per heavy atom. The van der Waals surface area contributed by atoms with E-state index in [1.807, 2.05) is 14.0 Å². The molecule has 7 heteroatoms. The van der Waals surface area contributed by atoms with Crippen LogP contribution in [0.1, 0.15) is 24.7 Å². The molecule has 0 amide bonds. The van der Waals surface area contributed by atoms with Gasteiger partial charge in [-0.05, 0) is 20.4 Å². The zero-order valence-corrected chi connectivity index (χ0v) is 12.0. The van der Waals surface area contributed by atoms with E-state index in [1.165, 1.54) is 0 Å². The summed E-state index contributed by atoms with van der Waals surface area (Å²) < 4.78 is 6.86. The number of likely N-dealkylation sites (N-methyl/N-ethyl adjacent to an activating group) is 1. The van der Waals surface area contributed by atoms with Gasteiger partial charge in [-0.2, -0.15) is 5.10 Å². The minimum atomic E-state index is -0.344. The molecule has 0 aliphatic rings. The Morgan fingerprint density at radius 1 is 1.58 bits per heavy atom. The topological polar surface area (TPSA) is 82.2 Å². The van der Waals surface area contributed by atoms with E-state index in [-0.39, 0.29) is 16.7 Å². The highest BCUT2D eigenvalue weighted by molar-refractivity contribution is 5.41. The van der Waals surface area contributed by atoms with Crippen LogP contribution in [0.4, 0.5) is 5.69 Å². The minimum absolute atomic E-state index is 0.0374. The smallest absolute Gasteiger partial charge is 0.313 e. The van der Waals surface area contributed by atoms with Gasteiger partial charge in [0.1, 0.15) is 11.4 Å². The molecule has 1 atom stereocenters. The number of rotatable bonds is 8. The van der Waals surface area contributed by atoms with Crippen LogP contribution in [0.5, 0.6) is 0 Å². The number of hydrogen-bond donors (Lipinski definition) is 1. The Hall–Kier alpha value is -1.47. The van der Waals surface area contributed by atoms with E-state index in [9.17, 15) is 10.1 Å². The van der Waals surface area contributed by atoms with E-state index < -0.39 is 0 Å². The number of nitrogens with one attached hydrogen (secondary N) is 1. The number of nitro groups is 1. The molecule has 0 radical (unpaired) electrons. The van der Waals surface area contributed by atoms with Crippen molar-refractivity contribution in [3.05, 3.63) is 21.5 Å². The predicted octanol–water partition coefficient (Wildman–Crippen LogP) is 1.29. The van der Waals surface area contributed by atoms with Crippen molar-refractivity contribution in [3.8, 4) is 0 Å². The number of ether oxygens (including phenoxy) is 1. The average molecular weight is 270 g/mol. The Kier molecular flexibility index (Phi) is 5.91. The molecule has 0 saturated carbocycles. The van der Waals surface area contributed by atoms with E-state index in [1.54, 1.807) is 18.7 Å². The van der Waals surface area contributed by atoms with E-state index in [2.05, 4.69) is 10.4 Å². The van der Waals surface area contributed by atoms with Crippen LogP contribution < -0.4 is 5.32 Å². The fourth-order valence-corrected chi connectivity index (χ4v) is 2.14. The Labute approximate surface area is 113 Å². The molecule has 1 aromatic rings. The van der Waals surface area contributed by atoms with Crippen molar-refractivity contribution in [2.45, 2.75) is 39.3 Å². The van der Waals surface area contributed by atoms with Crippen molar-refractivity contribution < 1.29 is 9.66 Å². The zero-order chi connectivity index (χ0) is 14.4. The molecule has 1 N–H and O–H groups in total. The van der Waals surface area contributed by atoms with Crippen molar-refractivity contribution in [2.75, 3.05) is 20.8 Å². The summed E-state index contributed by atoms with van der Waals surface area (Å²) in [5.74, 6) is 0. The monoisotopic (exact) mass is 270 g/mol. The van der Waals surface area contributed by atoms with Gasteiger partial charge in [-0.1, -0.05) is 6.92 Å². The summed E-state index contributed by atoms with van der Waals surface area (Å²) in [6, 6.07) is 0.0374. The summed E-state index contributed by atoms with van der Waals surface area (Å²) in [4.78, 5) is 10.8. The van der Waals surface area contributed by atoms with Crippen molar-refractivity contribution in [3.63, 3.8) is 0 Å². The second-order valence-corrected chi connectivity index (χ2v) is 4.51. The molecule has 1 aromatic heterocycles. The molecule has 0 aromatic carbocycles. The van der Waals surface area contributed by atoms with Gasteiger partial charge in [0, 0.05) is 26.1 Å². The first-order valence-electron chi connectivity index (χ1n) is 6.41. The van der Waals surface area contributed by atoms with E-state index in [0.717, 1.165) is 6.42 Å². The molecule has 1 heterocycles. The van der Waals surface area contributed by atoms with Crippen molar-refractivity contribution in [1.29, 1.82) is 0 Å². The third-order valence-corrected chi connectivity index (χ3v) is 3.03. The summed E-state index contributed by atoms with van der Waals surface area (Å²) in [6.45, 7) is 4.90. The fourth-order valence-electron chi connectivity index (χ4n) is 2.14. The Morgan fingerprint density at radius 2 is 2.26 bits per heavy atom. The van der Waals surface area contributed by atoms with Crippen LogP contribution in [0.3, 0.4) is 0 Å². The molecule has 1 rings (SSSR count). The molecule has 0 saturated heterocycles. The lowest BCUT2D eigenvalue weighted by molar-refractivity contribution is -0.386. The normalized spacial score (nSPS) is 12.6. The third kappa shape index (κ3) is 3.74. The van der Waals surface area contributed by atoms with Gasteiger partial charge in [0.2, 0.25) is 0 Å². The van der Waals surface area contributed by atoms with Gasteiger partial charge in [-0.3, -0.25) is 14.8 Å². The number of methoxy groups -OCH3 is 1. The van der Waals surface area contributed by atoms with Gasteiger partial charge in [-0.25, -0.2) is 0 Å². The molecule has 0 spiro atoms. The summed E-state index contributed by atoms with van der Waals surface area (Å²) in [7, 11) is 3.44. The van der Waals surface area contributed by atoms with Gasteiger partial charge in [-0.15, -0.1) is 0 Å². The summed E-state index contributed by atoms with van der Waals surface area (Å²) in [5, 5.41) is 18.6. The van der Waals surface area contributed by atoms with E-state index in [4.69, 9.17) is 4.74 Å². The standard InChI is InChI=1S/C12H22N4O3/c1-5-6-15-11(7-10(13-3)8-19-4)12(16(17)18)9(2)14-15/h10,13H,5-8H2,1-4H3. The second kappa shape index (κ2) is 7.20. The molecule has 0 fully saturated rings. The van der Waals surface area contributed by atoms with Gasteiger partial charge in [0.05, 0.1) is 11.5 Å². The molecular weight excluding hydrogens is 248 g/mol. The minimum Gasteiger partial charge on any atom is -0.383 e. The predicted molar refractivity (Wildman–Crippen MR) is 72.3 cm³/mol. The summed E-state index contributed by atoms with van der Waals surface area (Å²) in [6.07, 6.45) is 1.42. The molecule has 1 unspecified atom stereocenters. The van der Waals surface area contributed by atoms with E-state index >= 15 is 0 Å². The Balaban J connectivity index is 3.09. The largest absolute Gasteiger partial charge is 0.383 e. The average Bonchev–Trinajstić information content (AvgIpc) is 2.65. The van der Waals surface area contributed by atoms with Crippen LogP contribution >= 0.6 is 0 Å². The van der Waals surface area contributed by atoms with Crippen LogP contribution in [0.15, 0.2) is 0 Å². The maximum Gasteiger partial charge on any atom is 0.313 e. The van der Waals surface area contributed by atoms with Gasteiger partial charge < -0.3 is 10.1 Å². The SMILES string of the molecule is CCCn1nc(C)c([N+](=O)[O-])c1CC(COC)NC. The van der Waals surface area contributed by atoms with Crippen LogP contribution in [0, 0.1) is 17.0 Å². The number of nitrogens with zero attached hydrogens (tertiary/aromatic N) is 3. The number of aromatic nitrogens is 2. The maximum atomic E-state index is 11.2. The number of aryl methyl sites for hydroxylation is 2. The fraction of sp³-hybridized carbons (Fsp3) is 0.750. The van der Waals surface area contributed by atoms with E-state index in [0.29, 0.717) is 31.0 Å². The van der Waals surface area contributed by atoms with Gasteiger partial charge >= 0.3 is 5.69 Å². The van der Waals surface area contributed by atoms with Crippen molar-refractivity contribution in [1.82, 2.24) is 15.1 Å². The summed E-state index contributed by atoms with van der Waals surface area (Å²) >= 11 is 0. The summed E-state index contributed by atoms with van der Waals surface area (Å²) in [5.41, 5.74) is 1.27. The first kappa shape index (κ1) is 15.6. The molecular formula is C12H22N4O3. The lowest BCUT2D eigenvalue weighted by Gasteiger charge is -2.15. The first-order valence-corrected chi connectivity index (χ1v) is 6.41. The molecule has 0 bridgehead atoms.